The number of nitrogens with zero attached hydrogens (tertiary/aromatic N) is 2. The number of hydrogen-bond acceptors (Lipinski definition) is 3. The van der Waals surface area contributed by atoms with Crippen LogP contribution in [0.2, 0.25) is 0 Å². The van der Waals surface area contributed by atoms with Crippen molar-refractivity contribution in [2.75, 3.05) is 0 Å². The fraction of sp³-hybridized carbons (Fsp3) is 0.556. The van der Waals surface area contributed by atoms with Crippen LogP contribution in [0.5, 0.6) is 0 Å². The third-order valence-electron chi connectivity index (χ3n) is 1.66. The van der Waals surface area contributed by atoms with E-state index in [2.05, 4.69) is 4.98 Å². The van der Waals surface area contributed by atoms with E-state index >= 15 is 0 Å². The van der Waals surface area contributed by atoms with Crippen LogP contribution in [0.25, 0.3) is 0 Å². The van der Waals surface area contributed by atoms with Crippen LogP contribution in [-0.2, 0) is 11.8 Å². The van der Waals surface area contributed by atoms with Gasteiger partial charge in [0.05, 0.1) is 0 Å². The van der Waals surface area contributed by atoms with Gasteiger partial charge in [0.1, 0.15) is 5.78 Å². The molecule has 0 fully saturated rings. The Morgan fingerprint density at radius 1 is 1.77 bits per heavy atom. The molecule has 4 heteroatoms. The zero-order valence-corrected chi connectivity index (χ0v) is 8.97. The van der Waals surface area contributed by atoms with E-state index in [-0.39, 0.29) is 5.78 Å². The fourth-order valence-electron chi connectivity index (χ4n) is 1.09. The second kappa shape index (κ2) is 4.46. The highest BCUT2D eigenvalue weighted by Crippen LogP contribution is 2.22. The van der Waals surface area contributed by atoms with Crippen molar-refractivity contribution < 1.29 is 4.79 Å². The SMILES string of the molecule is CC(=O)CC(C)Sc1nccn1C. The molecule has 0 saturated carbocycles. The smallest absolute Gasteiger partial charge is 0.167 e. The highest BCUT2D eigenvalue weighted by atomic mass is 32.2. The number of rotatable bonds is 4. The van der Waals surface area contributed by atoms with Crippen molar-refractivity contribution in [3.63, 3.8) is 0 Å². The summed E-state index contributed by atoms with van der Waals surface area (Å²) in [6.07, 6.45) is 4.28. The predicted octanol–water partition coefficient (Wildman–Crippen LogP) is 1.88. The summed E-state index contributed by atoms with van der Waals surface area (Å²) in [5.41, 5.74) is 0. The molecule has 0 radical (unpaired) electrons. The molecule has 0 saturated heterocycles. The van der Waals surface area contributed by atoms with Gasteiger partial charge in [0.25, 0.3) is 0 Å². The average Bonchev–Trinajstić information content (AvgIpc) is 2.34. The molecule has 0 aromatic carbocycles. The van der Waals surface area contributed by atoms with Crippen LogP contribution in [0.3, 0.4) is 0 Å². The van der Waals surface area contributed by atoms with Crippen molar-refractivity contribution in [3.8, 4) is 0 Å². The van der Waals surface area contributed by atoms with E-state index in [4.69, 9.17) is 0 Å². The minimum atomic E-state index is 0.231. The van der Waals surface area contributed by atoms with Crippen LogP contribution >= 0.6 is 11.8 Å². The summed E-state index contributed by atoms with van der Waals surface area (Å²) in [5.74, 6) is 0.231. The summed E-state index contributed by atoms with van der Waals surface area (Å²) in [6, 6.07) is 0. The van der Waals surface area contributed by atoms with Gasteiger partial charge in [-0.25, -0.2) is 4.98 Å². The molecule has 0 spiro atoms. The van der Waals surface area contributed by atoms with Gasteiger partial charge in [-0.2, -0.15) is 0 Å². The molecular formula is C9H14N2OS. The lowest BCUT2D eigenvalue weighted by Crippen LogP contribution is -2.04. The van der Waals surface area contributed by atoms with E-state index in [1.54, 1.807) is 24.9 Å². The van der Waals surface area contributed by atoms with Crippen molar-refractivity contribution in [1.29, 1.82) is 0 Å². The lowest BCUT2D eigenvalue weighted by atomic mass is 10.2. The Kier molecular flexibility index (Phi) is 3.54. The molecule has 0 aliphatic carbocycles. The number of aryl methyl sites for hydroxylation is 1. The van der Waals surface area contributed by atoms with Crippen LogP contribution in [-0.4, -0.2) is 20.6 Å². The molecule has 13 heavy (non-hydrogen) atoms. The van der Waals surface area contributed by atoms with Crippen molar-refractivity contribution >= 4 is 17.5 Å². The topological polar surface area (TPSA) is 34.9 Å². The molecule has 0 aliphatic rings. The number of carbonyl (C=O) groups is 1. The summed E-state index contributed by atoms with van der Waals surface area (Å²) in [6.45, 7) is 3.66. The standard InChI is InChI=1S/C9H14N2OS/c1-7(12)6-8(2)13-9-10-4-5-11(9)3/h4-5,8H,6H2,1-3H3. The van der Waals surface area contributed by atoms with Gasteiger partial charge in [-0.1, -0.05) is 18.7 Å². The zero-order valence-electron chi connectivity index (χ0n) is 8.15. The third-order valence-corrected chi connectivity index (χ3v) is 2.83. The Labute approximate surface area is 82.5 Å². The van der Waals surface area contributed by atoms with Crippen molar-refractivity contribution in [2.24, 2.45) is 7.05 Å². The van der Waals surface area contributed by atoms with Gasteiger partial charge in [-0.15, -0.1) is 0 Å². The quantitative estimate of drug-likeness (QED) is 0.693. The summed E-state index contributed by atoms with van der Waals surface area (Å²) in [4.78, 5) is 15.0. The van der Waals surface area contributed by atoms with E-state index < -0.39 is 0 Å². The van der Waals surface area contributed by atoms with Gasteiger partial charge in [0.15, 0.2) is 5.16 Å². The molecule has 0 N–H and O–H groups in total. The highest BCUT2D eigenvalue weighted by molar-refractivity contribution is 7.99. The van der Waals surface area contributed by atoms with Gasteiger partial charge in [-0.3, -0.25) is 4.79 Å². The lowest BCUT2D eigenvalue weighted by Gasteiger charge is -2.07. The Bertz CT molecular complexity index is 296. The summed E-state index contributed by atoms with van der Waals surface area (Å²) < 4.78 is 1.96. The number of hydrogen-bond donors (Lipinski definition) is 0. The lowest BCUT2D eigenvalue weighted by molar-refractivity contribution is -0.116. The summed E-state index contributed by atoms with van der Waals surface area (Å²) >= 11 is 1.64. The van der Waals surface area contributed by atoms with Gasteiger partial charge in [0, 0.05) is 31.1 Å². The van der Waals surface area contributed by atoms with Gasteiger partial charge in [-0.05, 0) is 6.92 Å². The molecule has 3 nitrogen and oxygen atoms in total. The Hall–Kier alpha value is -0.770. The molecular weight excluding hydrogens is 184 g/mol. The van der Waals surface area contributed by atoms with E-state index in [0.29, 0.717) is 11.7 Å². The summed E-state index contributed by atoms with van der Waals surface area (Å²) in [7, 11) is 1.95. The fourth-order valence-corrected chi connectivity index (χ4v) is 2.12. The average molecular weight is 198 g/mol. The number of Topliss-reactive ketones (excluding diaryl/α,β-unsaturated/α-hetero) is 1. The first-order valence-electron chi connectivity index (χ1n) is 4.23. The van der Waals surface area contributed by atoms with Crippen molar-refractivity contribution in [3.05, 3.63) is 12.4 Å². The number of thioether (sulfide) groups is 1. The molecule has 1 aromatic heterocycles. The first-order chi connectivity index (χ1) is 6.09. The molecule has 1 heterocycles. The Balaban J connectivity index is 2.49. The number of aromatic nitrogens is 2. The van der Waals surface area contributed by atoms with Crippen molar-refractivity contribution in [1.82, 2.24) is 9.55 Å². The minimum Gasteiger partial charge on any atom is -0.329 e. The molecule has 1 atom stereocenters. The van der Waals surface area contributed by atoms with E-state index in [9.17, 15) is 4.79 Å². The first-order valence-corrected chi connectivity index (χ1v) is 5.11. The number of ketones is 1. The second-order valence-electron chi connectivity index (χ2n) is 3.16. The molecule has 1 rings (SSSR count). The predicted molar refractivity (Wildman–Crippen MR) is 53.8 cm³/mol. The maximum absolute atomic E-state index is 10.8. The van der Waals surface area contributed by atoms with Crippen LogP contribution in [0, 0.1) is 0 Å². The summed E-state index contributed by atoms with van der Waals surface area (Å²) in [5, 5.41) is 1.27. The first kappa shape index (κ1) is 10.3. The normalized spacial score (nSPS) is 12.8. The maximum Gasteiger partial charge on any atom is 0.167 e. The number of carbonyl (C=O) groups excluding carboxylic acids is 1. The van der Waals surface area contributed by atoms with Crippen LogP contribution in [0.15, 0.2) is 17.6 Å². The van der Waals surface area contributed by atoms with Gasteiger partial charge < -0.3 is 4.57 Å². The van der Waals surface area contributed by atoms with Crippen LogP contribution in [0.4, 0.5) is 0 Å². The van der Waals surface area contributed by atoms with E-state index in [0.717, 1.165) is 5.16 Å². The van der Waals surface area contributed by atoms with Crippen molar-refractivity contribution in [2.45, 2.75) is 30.7 Å². The molecule has 0 amide bonds. The third kappa shape index (κ3) is 3.22. The Morgan fingerprint density at radius 3 is 2.92 bits per heavy atom. The monoisotopic (exact) mass is 198 g/mol. The molecule has 72 valence electrons. The van der Waals surface area contributed by atoms with Crippen LogP contribution < -0.4 is 0 Å². The minimum absolute atomic E-state index is 0.231. The largest absolute Gasteiger partial charge is 0.329 e. The van der Waals surface area contributed by atoms with E-state index in [1.165, 1.54) is 0 Å². The number of imidazole rings is 1. The van der Waals surface area contributed by atoms with Gasteiger partial charge in [0.2, 0.25) is 0 Å². The Morgan fingerprint density at radius 2 is 2.46 bits per heavy atom. The van der Waals surface area contributed by atoms with Gasteiger partial charge >= 0.3 is 0 Å². The molecule has 1 unspecified atom stereocenters. The van der Waals surface area contributed by atoms with Crippen LogP contribution in [0.1, 0.15) is 20.3 Å². The molecule has 0 bridgehead atoms. The highest BCUT2D eigenvalue weighted by Gasteiger charge is 2.09. The molecule has 1 aromatic rings. The maximum atomic E-state index is 10.8. The zero-order chi connectivity index (χ0) is 9.84. The second-order valence-corrected chi connectivity index (χ2v) is 4.56. The van der Waals surface area contributed by atoms with E-state index in [1.807, 2.05) is 24.7 Å². The molecule has 0 aliphatic heterocycles.